The lowest BCUT2D eigenvalue weighted by Gasteiger charge is -2.07. The van der Waals surface area contributed by atoms with Gasteiger partial charge >= 0.3 is 5.97 Å². The molecular weight excluding hydrogens is 247 g/mol. The highest BCUT2D eigenvalue weighted by Gasteiger charge is 2.10. The van der Waals surface area contributed by atoms with Crippen molar-refractivity contribution in [3.63, 3.8) is 0 Å². The zero-order valence-electron chi connectivity index (χ0n) is 9.54. The fourth-order valence-electron chi connectivity index (χ4n) is 1.10. The van der Waals surface area contributed by atoms with E-state index in [1.165, 1.54) is 12.1 Å². The molecule has 0 spiro atoms. The predicted octanol–water partition coefficient (Wildman–Crippen LogP) is 3.20. The van der Waals surface area contributed by atoms with Crippen LogP contribution in [-0.2, 0) is 9.53 Å². The van der Waals surface area contributed by atoms with E-state index in [-0.39, 0.29) is 17.4 Å². The SMILES string of the molecule is CCCCOC(=O)COc1cccc(Cl)c1F. The van der Waals surface area contributed by atoms with Crippen molar-refractivity contribution in [3.8, 4) is 5.75 Å². The second kappa shape index (κ2) is 7.12. The van der Waals surface area contributed by atoms with Crippen molar-refractivity contribution in [2.75, 3.05) is 13.2 Å². The van der Waals surface area contributed by atoms with Gasteiger partial charge < -0.3 is 9.47 Å². The molecule has 0 saturated carbocycles. The molecule has 0 N–H and O–H groups in total. The van der Waals surface area contributed by atoms with Crippen molar-refractivity contribution in [1.82, 2.24) is 0 Å². The minimum atomic E-state index is -0.671. The van der Waals surface area contributed by atoms with E-state index < -0.39 is 11.8 Å². The quantitative estimate of drug-likeness (QED) is 0.582. The molecule has 0 radical (unpaired) electrons. The summed E-state index contributed by atoms with van der Waals surface area (Å²) in [5, 5.41) is -0.0400. The Bertz CT molecular complexity index is 382. The van der Waals surface area contributed by atoms with Gasteiger partial charge in [-0.2, -0.15) is 0 Å². The lowest BCUT2D eigenvalue weighted by Crippen LogP contribution is -2.15. The number of hydrogen-bond donors (Lipinski definition) is 0. The van der Waals surface area contributed by atoms with Crippen LogP contribution < -0.4 is 4.74 Å². The van der Waals surface area contributed by atoms with Gasteiger partial charge in [0.2, 0.25) is 0 Å². The maximum absolute atomic E-state index is 13.3. The van der Waals surface area contributed by atoms with Gasteiger partial charge in [-0.3, -0.25) is 0 Å². The maximum atomic E-state index is 13.3. The number of carbonyl (C=O) groups is 1. The van der Waals surface area contributed by atoms with Crippen LogP contribution in [0.4, 0.5) is 4.39 Å². The standard InChI is InChI=1S/C12H14ClFO3/c1-2-3-7-16-11(15)8-17-10-6-4-5-9(13)12(10)14/h4-6H,2-3,7-8H2,1H3. The van der Waals surface area contributed by atoms with Crippen LogP contribution in [0.25, 0.3) is 0 Å². The maximum Gasteiger partial charge on any atom is 0.344 e. The number of unbranched alkanes of at least 4 members (excludes halogenated alkanes) is 1. The largest absolute Gasteiger partial charge is 0.479 e. The van der Waals surface area contributed by atoms with E-state index in [4.69, 9.17) is 21.1 Å². The van der Waals surface area contributed by atoms with E-state index in [9.17, 15) is 9.18 Å². The molecule has 0 aliphatic carbocycles. The van der Waals surface area contributed by atoms with Gasteiger partial charge in [-0.25, -0.2) is 9.18 Å². The Kier molecular flexibility index (Phi) is 5.77. The summed E-state index contributed by atoms with van der Waals surface area (Å²) >= 11 is 5.56. The molecule has 0 bridgehead atoms. The number of esters is 1. The smallest absolute Gasteiger partial charge is 0.344 e. The summed E-state index contributed by atoms with van der Waals surface area (Å²) in [4.78, 5) is 11.2. The van der Waals surface area contributed by atoms with Crippen molar-refractivity contribution in [2.45, 2.75) is 19.8 Å². The molecule has 0 aromatic heterocycles. The zero-order chi connectivity index (χ0) is 12.7. The number of carbonyl (C=O) groups excluding carboxylic acids is 1. The molecule has 1 aromatic rings. The van der Waals surface area contributed by atoms with Crippen molar-refractivity contribution in [2.24, 2.45) is 0 Å². The van der Waals surface area contributed by atoms with Gasteiger partial charge in [0.25, 0.3) is 0 Å². The first-order valence-corrected chi connectivity index (χ1v) is 5.75. The monoisotopic (exact) mass is 260 g/mol. The van der Waals surface area contributed by atoms with Gasteiger partial charge in [-0.05, 0) is 18.6 Å². The Morgan fingerprint density at radius 1 is 1.47 bits per heavy atom. The molecule has 0 aliphatic heterocycles. The van der Waals surface area contributed by atoms with Crippen molar-refractivity contribution in [3.05, 3.63) is 29.0 Å². The van der Waals surface area contributed by atoms with Crippen molar-refractivity contribution in [1.29, 1.82) is 0 Å². The summed E-state index contributed by atoms with van der Waals surface area (Å²) in [7, 11) is 0. The van der Waals surface area contributed by atoms with E-state index in [0.29, 0.717) is 6.61 Å². The fraction of sp³-hybridized carbons (Fsp3) is 0.417. The van der Waals surface area contributed by atoms with E-state index in [0.717, 1.165) is 12.8 Å². The van der Waals surface area contributed by atoms with Crippen LogP contribution in [0.2, 0.25) is 5.02 Å². The minimum absolute atomic E-state index is 0.0400. The Balaban J connectivity index is 2.39. The topological polar surface area (TPSA) is 35.5 Å². The van der Waals surface area contributed by atoms with Gasteiger partial charge in [0.15, 0.2) is 18.2 Å². The Hall–Kier alpha value is -1.29. The summed E-state index contributed by atoms with van der Waals surface area (Å²) < 4.78 is 23.2. The predicted molar refractivity (Wildman–Crippen MR) is 62.8 cm³/mol. The van der Waals surface area contributed by atoms with Gasteiger partial charge in [-0.15, -0.1) is 0 Å². The molecule has 94 valence electrons. The van der Waals surface area contributed by atoms with Crippen molar-refractivity contribution >= 4 is 17.6 Å². The number of halogens is 2. The normalized spacial score (nSPS) is 10.1. The second-order valence-corrected chi connectivity index (χ2v) is 3.82. The average Bonchev–Trinajstić information content (AvgIpc) is 2.31. The molecule has 1 rings (SSSR count). The lowest BCUT2D eigenvalue weighted by molar-refractivity contribution is -0.146. The molecule has 5 heteroatoms. The highest BCUT2D eigenvalue weighted by atomic mass is 35.5. The second-order valence-electron chi connectivity index (χ2n) is 3.41. The molecule has 0 amide bonds. The van der Waals surface area contributed by atoms with Crippen LogP contribution in [0, 0.1) is 5.82 Å². The number of ether oxygens (including phenoxy) is 2. The molecule has 0 heterocycles. The third kappa shape index (κ3) is 4.61. The lowest BCUT2D eigenvalue weighted by atomic mass is 10.3. The number of rotatable bonds is 6. The average molecular weight is 261 g/mol. The summed E-state index contributed by atoms with van der Waals surface area (Å²) in [6.45, 7) is 2.03. The molecule has 0 aliphatic rings. The van der Waals surface area contributed by atoms with Crippen LogP contribution >= 0.6 is 11.6 Å². The Morgan fingerprint density at radius 2 is 2.24 bits per heavy atom. The summed E-state index contributed by atoms with van der Waals surface area (Å²) in [6.07, 6.45) is 1.74. The molecule has 0 saturated heterocycles. The van der Waals surface area contributed by atoms with Gasteiger partial charge in [0.1, 0.15) is 0 Å². The number of hydrogen-bond acceptors (Lipinski definition) is 3. The number of benzene rings is 1. The molecule has 17 heavy (non-hydrogen) atoms. The summed E-state index contributed by atoms with van der Waals surface area (Å²) in [5.74, 6) is -1.24. The molecule has 1 aromatic carbocycles. The Morgan fingerprint density at radius 3 is 2.94 bits per heavy atom. The van der Waals surface area contributed by atoms with E-state index >= 15 is 0 Å². The molecular formula is C12H14ClFO3. The summed E-state index contributed by atoms with van der Waals surface area (Å²) in [6, 6.07) is 4.35. The van der Waals surface area contributed by atoms with Crippen LogP contribution in [0.5, 0.6) is 5.75 Å². The van der Waals surface area contributed by atoms with Crippen LogP contribution in [0.15, 0.2) is 18.2 Å². The first-order valence-electron chi connectivity index (χ1n) is 5.37. The molecule has 0 atom stereocenters. The van der Waals surface area contributed by atoms with Gasteiger partial charge in [0.05, 0.1) is 11.6 Å². The van der Waals surface area contributed by atoms with Gasteiger partial charge in [-0.1, -0.05) is 31.0 Å². The van der Waals surface area contributed by atoms with E-state index in [2.05, 4.69) is 0 Å². The molecule has 0 fully saturated rings. The highest BCUT2D eigenvalue weighted by Crippen LogP contribution is 2.23. The highest BCUT2D eigenvalue weighted by molar-refractivity contribution is 6.30. The first kappa shape index (κ1) is 13.8. The summed E-state index contributed by atoms with van der Waals surface area (Å²) in [5.41, 5.74) is 0. The van der Waals surface area contributed by atoms with E-state index in [1.807, 2.05) is 6.92 Å². The van der Waals surface area contributed by atoms with Crippen LogP contribution in [0.1, 0.15) is 19.8 Å². The fourth-order valence-corrected chi connectivity index (χ4v) is 1.27. The third-order valence-corrected chi connectivity index (χ3v) is 2.31. The minimum Gasteiger partial charge on any atom is -0.479 e. The molecule has 3 nitrogen and oxygen atoms in total. The third-order valence-electron chi connectivity index (χ3n) is 2.02. The zero-order valence-corrected chi connectivity index (χ0v) is 10.3. The first-order chi connectivity index (χ1) is 8.15. The van der Waals surface area contributed by atoms with Crippen molar-refractivity contribution < 1.29 is 18.7 Å². The van der Waals surface area contributed by atoms with Crippen LogP contribution in [0.3, 0.4) is 0 Å². The van der Waals surface area contributed by atoms with E-state index in [1.54, 1.807) is 6.07 Å². The molecule has 0 unspecified atom stereocenters. The van der Waals surface area contributed by atoms with Gasteiger partial charge in [0, 0.05) is 0 Å². The Labute approximate surface area is 104 Å². The van der Waals surface area contributed by atoms with Crippen LogP contribution in [-0.4, -0.2) is 19.2 Å².